The molecule has 0 saturated carbocycles. The number of amides is 1. The highest BCUT2D eigenvalue weighted by Gasteiger charge is 2.47. The van der Waals surface area contributed by atoms with Crippen LogP contribution in [0, 0.1) is 6.92 Å². The lowest BCUT2D eigenvalue weighted by atomic mass is 9.90. The molecule has 6 rings (SSSR count). The summed E-state index contributed by atoms with van der Waals surface area (Å²) in [6, 6.07) is 4.47. The van der Waals surface area contributed by atoms with Crippen molar-refractivity contribution in [1.29, 1.82) is 0 Å². The van der Waals surface area contributed by atoms with Crippen molar-refractivity contribution in [1.82, 2.24) is 24.3 Å². The van der Waals surface area contributed by atoms with Crippen molar-refractivity contribution in [3.8, 4) is 5.75 Å². The first-order chi connectivity index (χ1) is 16.6. The fraction of sp³-hybridized carbons (Fsp3) is 0.333. The highest BCUT2D eigenvalue weighted by molar-refractivity contribution is 5.96. The number of alkyl halides is 3. The third-order valence-electron chi connectivity index (χ3n) is 6.94. The van der Waals surface area contributed by atoms with Gasteiger partial charge in [-0.1, -0.05) is 6.07 Å². The summed E-state index contributed by atoms with van der Waals surface area (Å²) in [7, 11) is 0. The number of aryl methyl sites for hydroxylation is 1. The second kappa shape index (κ2) is 7.30. The van der Waals surface area contributed by atoms with E-state index in [1.165, 1.54) is 12.3 Å². The first-order valence-corrected chi connectivity index (χ1v) is 11.2. The molecule has 2 N–H and O–H groups in total. The number of halogens is 3. The molecule has 35 heavy (non-hydrogen) atoms. The Labute approximate surface area is 197 Å². The summed E-state index contributed by atoms with van der Waals surface area (Å²) in [5.41, 5.74) is 8.60. The molecule has 2 aliphatic rings. The van der Waals surface area contributed by atoms with Crippen LogP contribution in [-0.4, -0.2) is 42.3 Å². The molecule has 1 aromatic carbocycles. The Hall–Kier alpha value is -3.89. The number of rotatable bonds is 1. The minimum atomic E-state index is -4.47. The molecule has 180 valence electrons. The Kier molecular flexibility index (Phi) is 4.51. The number of aromatic nitrogens is 4. The predicted molar refractivity (Wildman–Crippen MR) is 121 cm³/mol. The quantitative estimate of drug-likeness (QED) is 0.434. The van der Waals surface area contributed by atoms with Gasteiger partial charge in [0.2, 0.25) is 0 Å². The lowest BCUT2D eigenvalue weighted by Crippen LogP contribution is -2.49. The zero-order chi connectivity index (χ0) is 24.6. The molecule has 0 unspecified atom stereocenters. The second-order valence-electron chi connectivity index (χ2n) is 9.09. The van der Waals surface area contributed by atoms with Gasteiger partial charge in [-0.3, -0.25) is 9.20 Å². The number of nitrogen functional groups attached to an aromatic ring is 1. The molecule has 3 atom stereocenters. The number of hydrogen-bond acceptors (Lipinski definition) is 6. The summed E-state index contributed by atoms with van der Waals surface area (Å²) in [4.78, 5) is 28.5. The van der Waals surface area contributed by atoms with Crippen molar-refractivity contribution in [3.05, 3.63) is 59.3 Å². The molecule has 1 fully saturated rings. The SMILES string of the molecule is Cc1ncn2c1c(N)nc1cnc(C(=O)N3[C@H](C)CC[C@@H]4Oc5cc(C(F)(F)F)ccc5[C@@H]43)cc12. The molecule has 2 aliphatic heterocycles. The fourth-order valence-corrected chi connectivity index (χ4v) is 5.25. The Balaban J connectivity index is 1.43. The van der Waals surface area contributed by atoms with Gasteiger partial charge in [0, 0.05) is 11.6 Å². The second-order valence-corrected chi connectivity index (χ2v) is 9.09. The maximum atomic E-state index is 13.8. The molecule has 3 aromatic heterocycles. The van der Waals surface area contributed by atoms with Crippen LogP contribution < -0.4 is 10.5 Å². The Morgan fingerprint density at radius 1 is 1.20 bits per heavy atom. The van der Waals surface area contributed by atoms with E-state index >= 15 is 0 Å². The number of carbonyl (C=O) groups is 1. The zero-order valence-electron chi connectivity index (χ0n) is 18.9. The lowest BCUT2D eigenvalue weighted by molar-refractivity contribution is -0.137. The number of ether oxygens (including phenoxy) is 1. The van der Waals surface area contributed by atoms with Gasteiger partial charge in [0.05, 0.1) is 29.0 Å². The Morgan fingerprint density at radius 2 is 2.00 bits per heavy atom. The number of benzene rings is 1. The van der Waals surface area contributed by atoms with Crippen LogP contribution in [0.3, 0.4) is 0 Å². The fourth-order valence-electron chi connectivity index (χ4n) is 5.25. The van der Waals surface area contributed by atoms with E-state index in [0.717, 1.165) is 12.1 Å². The van der Waals surface area contributed by atoms with Crippen LogP contribution in [-0.2, 0) is 6.18 Å². The topological polar surface area (TPSA) is 98.6 Å². The number of anilines is 1. The molecule has 11 heteroatoms. The van der Waals surface area contributed by atoms with Crippen LogP contribution in [0.15, 0.2) is 36.8 Å². The van der Waals surface area contributed by atoms with E-state index in [0.29, 0.717) is 46.5 Å². The molecular formula is C24H21F3N6O2. The van der Waals surface area contributed by atoms with Gasteiger partial charge in [0.1, 0.15) is 34.9 Å². The van der Waals surface area contributed by atoms with Crippen LogP contribution in [0.2, 0.25) is 0 Å². The number of fused-ring (bicyclic) bond motifs is 6. The standard InChI is InChI=1S/C24H21F3N6O2/c1-11-3-6-18-21(14-5-4-13(24(25,26)27)7-19(14)35-18)33(11)23(34)15-8-17-16(9-29-15)31-22(28)20-12(2)30-10-32(17)20/h4-5,7-11,18,21H,3,6H2,1-2H3,(H2,28,31)/t11-,18+,21+/m1/s1. The van der Waals surface area contributed by atoms with Gasteiger partial charge in [-0.2, -0.15) is 13.2 Å². The third-order valence-corrected chi connectivity index (χ3v) is 6.94. The molecule has 0 radical (unpaired) electrons. The summed E-state index contributed by atoms with van der Waals surface area (Å²) in [6.45, 7) is 3.75. The van der Waals surface area contributed by atoms with E-state index in [1.54, 1.807) is 21.7 Å². The number of likely N-dealkylation sites (tertiary alicyclic amines) is 1. The monoisotopic (exact) mass is 482 g/mol. The Bertz CT molecular complexity index is 1510. The summed E-state index contributed by atoms with van der Waals surface area (Å²) in [5.74, 6) is 0.162. The molecular weight excluding hydrogens is 461 g/mol. The van der Waals surface area contributed by atoms with Crippen molar-refractivity contribution in [2.75, 3.05) is 5.73 Å². The van der Waals surface area contributed by atoms with E-state index < -0.39 is 23.9 Å². The minimum Gasteiger partial charge on any atom is -0.488 e. The van der Waals surface area contributed by atoms with E-state index in [-0.39, 0.29) is 23.4 Å². The van der Waals surface area contributed by atoms with Crippen LogP contribution in [0.1, 0.15) is 53.1 Å². The van der Waals surface area contributed by atoms with Crippen LogP contribution in [0.25, 0.3) is 16.6 Å². The van der Waals surface area contributed by atoms with E-state index in [1.807, 2.05) is 13.8 Å². The number of imidazole rings is 1. The van der Waals surface area contributed by atoms with Gasteiger partial charge >= 0.3 is 6.18 Å². The number of carbonyl (C=O) groups excluding carboxylic acids is 1. The summed E-state index contributed by atoms with van der Waals surface area (Å²) >= 11 is 0. The molecule has 0 aliphatic carbocycles. The predicted octanol–water partition coefficient (Wildman–Crippen LogP) is 4.31. The van der Waals surface area contributed by atoms with Crippen LogP contribution in [0.5, 0.6) is 5.75 Å². The van der Waals surface area contributed by atoms with Gasteiger partial charge in [-0.25, -0.2) is 15.0 Å². The van der Waals surface area contributed by atoms with Crippen molar-refractivity contribution in [2.24, 2.45) is 0 Å². The molecule has 5 heterocycles. The first kappa shape index (κ1) is 21.6. The average molecular weight is 482 g/mol. The van der Waals surface area contributed by atoms with Crippen molar-refractivity contribution in [2.45, 2.75) is 51.1 Å². The molecule has 0 bridgehead atoms. The van der Waals surface area contributed by atoms with Gasteiger partial charge in [0.15, 0.2) is 5.82 Å². The molecule has 1 amide bonds. The van der Waals surface area contributed by atoms with Gasteiger partial charge in [-0.05, 0) is 44.9 Å². The number of nitrogens with zero attached hydrogens (tertiary/aromatic N) is 5. The van der Waals surface area contributed by atoms with Gasteiger partial charge in [-0.15, -0.1) is 0 Å². The highest BCUT2D eigenvalue weighted by Crippen LogP contribution is 2.48. The number of hydrogen-bond donors (Lipinski definition) is 1. The lowest BCUT2D eigenvalue weighted by Gasteiger charge is -2.41. The summed E-state index contributed by atoms with van der Waals surface area (Å²) in [5, 5.41) is 0. The first-order valence-electron chi connectivity index (χ1n) is 11.2. The third kappa shape index (κ3) is 3.21. The molecule has 1 saturated heterocycles. The number of nitrogens with two attached hydrogens (primary N) is 1. The average Bonchev–Trinajstić information content (AvgIpc) is 3.38. The van der Waals surface area contributed by atoms with Gasteiger partial charge < -0.3 is 15.4 Å². The largest absolute Gasteiger partial charge is 0.488 e. The molecule has 4 aromatic rings. The maximum absolute atomic E-state index is 13.8. The molecule has 8 nitrogen and oxygen atoms in total. The van der Waals surface area contributed by atoms with Crippen LogP contribution >= 0.6 is 0 Å². The van der Waals surface area contributed by atoms with Crippen molar-refractivity contribution < 1.29 is 22.7 Å². The highest BCUT2D eigenvalue weighted by atomic mass is 19.4. The molecule has 0 spiro atoms. The van der Waals surface area contributed by atoms with E-state index in [4.69, 9.17) is 10.5 Å². The van der Waals surface area contributed by atoms with E-state index in [2.05, 4.69) is 15.0 Å². The smallest absolute Gasteiger partial charge is 0.416 e. The summed E-state index contributed by atoms with van der Waals surface area (Å²) < 4.78 is 47.4. The summed E-state index contributed by atoms with van der Waals surface area (Å²) in [6.07, 6.45) is -0.484. The zero-order valence-corrected chi connectivity index (χ0v) is 18.9. The maximum Gasteiger partial charge on any atom is 0.416 e. The normalized spacial score (nSPS) is 21.7. The van der Waals surface area contributed by atoms with E-state index in [9.17, 15) is 18.0 Å². The minimum absolute atomic E-state index is 0.154. The Morgan fingerprint density at radius 3 is 2.77 bits per heavy atom. The van der Waals surface area contributed by atoms with Crippen molar-refractivity contribution in [3.63, 3.8) is 0 Å². The number of piperidine rings is 1. The number of pyridine rings is 1. The van der Waals surface area contributed by atoms with Crippen molar-refractivity contribution >= 4 is 28.3 Å². The van der Waals surface area contributed by atoms with Crippen LogP contribution in [0.4, 0.5) is 19.0 Å². The van der Waals surface area contributed by atoms with Gasteiger partial charge in [0.25, 0.3) is 5.91 Å².